The monoisotopic (exact) mass is 368 g/mol. The minimum Gasteiger partial charge on any atom is -0.434 e. The predicted molar refractivity (Wildman–Crippen MR) is 101 cm³/mol. The molecule has 142 valence electrons. The number of thiophene rings is 1. The van der Waals surface area contributed by atoms with Crippen LogP contribution in [0.2, 0.25) is 0 Å². The van der Waals surface area contributed by atoms with Gasteiger partial charge in [0.25, 0.3) is 0 Å². The minimum atomic E-state index is -0.577. The summed E-state index contributed by atoms with van der Waals surface area (Å²) < 4.78 is 16.1. The third-order valence-corrected chi connectivity index (χ3v) is 5.64. The number of hydrogen-bond donors (Lipinski definition) is 0. The van der Waals surface area contributed by atoms with Crippen LogP contribution in [-0.2, 0) is 20.6 Å². The molecule has 1 aromatic rings. The van der Waals surface area contributed by atoms with Crippen LogP contribution >= 0.6 is 11.3 Å². The SMILES string of the molecule is CCCCCCCCCCCOC(=O)OC[C@@H]1OCCc2ccsc21. The first-order chi connectivity index (χ1) is 12.3. The lowest BCUT2D eigenvalue weighted by atomic mass is 10.1. The number of rotatable bonds is 12. The second-order valence-electron chi connectivity index (χ2n) is 6.66. The van der Waals surface area contributed by atoms with Crippen molar-refractivity contribution in [2.75, 3.05) is 19.8 Å². The van der Waals surface area contributed by atoms with Crippen molar-refractivity contribution in [3.05, 3.63) is 21.9 Å². The second-order valence-corrected chi connectivity index (χ2v) is 7.61. The fourth-order valence-electron chi connectivity index (χ4n) is 3.10. The molecule has 25 heavy (non-hydrogen) atoms. The molecule has 0 N–H and O–H groups in total. The molecule has 2 rings (SSSR count). The molecular weight excluding hydrogens is 336 g/mol. The highest BCUT2D eigenvalue weighted by Gasteiger charge is 2.23. The highest BCUT2D eigenvalue weighted by atomic mass is 32.1. The van der Waals surface area contributed by atoms with Gasteiger partial charge in [-0.2, -0.15) is 0 Å². The van der Waals surface area contributed by atoms with Crippen LogP contribution in [0.25, 0.3) is 0 Å². The van der Waals surface area contributed by atoms with Crippen LogP contribution in [-0.4, -0.2) is 26.0 Å². The smallest absolute Gasteiger partial charge is 0.434 e. The molecule has 0 unspecified atom stereocenters. The van der Waals surface area contributed by atoms with E-state index in [-0.39, 0.29) is 12.7 Å². The van der Waals surface area contributed by atoms with E-state index < -0.39 is 6.16 Å². The lowest BCUT2D eigenvalue weighted by Gasteiger charge is -2.22. The first-order valence-corrected chi connectivity index (χ1v) is 10.7. The summed E-state index contributed by atoms with van der Waals surface area (Å²) in [6, 6.07) is 2.12. The molecule has 0 spiro atoms. The Labute approximate surface area is 155 Å². The summed E-state index contributed by atoms with van der Waals surface area (Å²) in [5, 5.41) is 2.06. The van der Waals surface area contributed by atoms with Gasteiger partial charge in [-0.15, -0.1) is 11.3 Å². The van der Waals surface area contributed by atoms with Crippen molar-refractivity contribution in [3.63, 3.8) is 0 Å². The maximum absolute atomic E-state index is 11.7. The Kier molecular flexibility index (Phi) is 9.97. The molecule has 5 heteroatoms. The third-order valence-electron chi connectivity index (χ3n) is 4.58. The lowest BCUT2D eigenvalue weighted by molar-refractivity contribution is -0.0219. The molecule has 4 nitrogen and oxygen atoms in total. The molecule has 0 amide bonds. The van der Waals surface area contributed by atoms with E-state index in [0.29, 0.717) is 13.2 Å². The van der Waals surface area contributed by atoms with Crippen LogP contribution in [0.15, 0.2) is 11.4 Å². The molecular formula is C20H32O4S. The summed E-state index contributed by atoms with van der Waals surface area (Å²) >= 11 is 1.66. The number of ether oxygens (including phenoxy) is 3. The predicted octanol–water partition coefficient (Wildman–Crippen LogP) is 6.05. The van der Waals surface area contributed by atoms with Crippen LogP contribution < -0.4 is 0 Å². The number of carbonyl (C=O) groups excluding carboxylic acids is 1. The topological polar surface area (TPSA) is 44.8 Å². The highest BCUT2D eigenvalue weighted by molar-refractivity contribution is 7.10. The normalized spacial score (nSPS) is 16.4. The molecule has 1 aliphatic heterocycles. The van der Waals surface area contributed by atoms with Crippen molar-refractivity contribution >= 4 is 17.5 Å². The minimum absolute atomic E-state index is 0.135. The quantitative estimate of drug-likeness (QED) is 0.333. The molecule has 0 aliphatic carbocycles. The van der Waals surface area contributed by atoms with E-state index in [1.54, 1.807) is 11.3 Å². The maximum atomic E-state index is 11.7. The Balaban J connectivity index is 1.45. The van der Waals surface area contributed by atoms with Gasteiger partial charge < -0.3 is 14.2 Å². The summed E-state index contributed by atoms with van der Waals surface area (Å²) in [5.74, 6) is 0. The third kappa shape index (κ3) is 7.78. The molecule has 0 aromatic carbocycles. The van der Waals surface area contributed by atoms with E-state index in [9.17, 15) is 4.79 Å². The zero-order chi connectivity index (χ0) is 17.7. The summed E-state index contributed by atoms with van der Waals surface area (Å²) in [7, 11) is 0. The summed E-state index contributed by atoms with van der Waals surface area (Å²) in [6.07, 6.45) is 11.5. The maximum Gasteiger partial charge on any atom is 0.508 e. The molecule has 1 aromatic heterocycles. The molecule has 1 aliphatic rings. The highest BCUT2D eigenvalue weighted by Crippen LogP contribution is 2.31. The lowest BCUT2D eigenvalue weighted by Crippen LogP contribution is -2.21. The van der Waals surface area contributed by atoms with E-state index in [4.69, 9.17) is 14.2 Å². The molecule has 0 radical (unpaired) electrons. The largest absolute Gasteiger partial charge is 0.508 e. The Morgan fingerprint density at radius 2 is 1.84 bits per heavy atom. The Bertz CT molecular complexity index is 486. The first-order valence-electron chi connectivity index (χ1n) is 9.78. The van der Waals surface area contributed by atoms with Crippen molar-refractivity contribution in [2.45, 2.75) is 77.2 Å². The number of unbranched alkanes of at least 4 members (excludes halogenated alkanes) is 8. The van der Waals surface area contributed by atoms with Crippen molar-refractivity contribution in [1.29, 1.82) is 0 Å². The molecule has 1 atom stereocenters. The van der Waals surface area contributed by atoms with Crippen LogP contribution in [0.4, 0.5) is 4.79 Å². The molecule has 0 bridgehead atoms. The van der Waals surface area contributed by atoms with Gasteiger partial charge in [0.15, 0.2) is 0 Å². The summed E-state index contributed by atoms with van der Waals surface area (Å²) in [4.78, 5) is 12.9. The van der Waals surface area contributed by atoms with Gasteiger partial charge in [0.2, 0.25) is 0 Å². The average molecular weight is 369 g/mol. The van der Waals surface area contributed by atoms with Crippen LogP contribution in [0.3, 0.4) is 0 Å². The van der Waals surface area contributed by atoms with Gasteiger partial charge in [-0.25, -0.2) is 4.79 Å². The second kappa shape index (κ2) is 12.3. The van der Waals surface area contributed by atoms with Crippen LogP contribution in [0.1, 0.15) is 81.3 Å². The van der Waals surface area contributed by atoms with Crippen molar-refractivity contribution < 1.29 is 19.0 Å². The van der Waals surface area contributed by atoms with Gasteiger partial charge in [-0.1, -0.05) is 58.3 Å². The zero-order valence-corrected chi connectivity index (χ0v) is 16.3. The van der Waals surface area contributed by atoms with E-state index >= 15 is 0 Å². The van der Waals surface area contributed by atoms with E-state index in [2.05, 4.69) is 18.4 Å². The Hall–Kier alpha value is -1.07. The molecule has 0 saturated heterocycles. The average Bonchev–Trinajstić information content (AvgIpc) is 3.11. The number of fused-ring (bicyclic) bond motifs is 1. The van der Waals surface area contributed by atoms with E-state index in [0.717, 1.165) is 19.3 Å². The van der Waals surface area contributed by atoms with Gasteiger partial charge in [-0.05, 0) is 29.9 Å². The summed E-state index contributed by atoms with van der Waals surface area (Å²) in [5.41, 5.74) is 1.31. The standard InChI is InChI=1S/C20H32O4S/c1-2-3-4-5-6-7-8-9-10-13-23-20(21)24-16-18-19-17(11-14-22-18)12-15-25-19/h12,15,18H,2-11,13-14,16H2,1H3/t18-/m0/s1. The molecule has 2 heterocycles. The molecule has 0 fully saturated rings. The Morgan fingerprint density at radius 1 is 1.12 bits per heavy atom. The first kappa shape index (κ1) is 20.2. The number of hydrogen-bond acceptors (Lipinski definition) is 5. The van der Waals surface area contributed by atoms with Crippen molar-refractivity contribution in [2.24, 2.45) is 0 Å². The van der Waals surface area contributed by atoms with Gasteiger partial charge in [0, 0.05) is 4.88 Å². The van der Waals surface area contributed by atoms with Gasteiger partial charge in [0.05, 0.1) is 13.2 Å². The van der Waals surface area contributed by atoms with E-state index in [1.807, 2.05) is 0 Å². The van der Waals surface area contributed by atoms with Crippen LogP contribution in [0.5, 0.6) is 0 Å². The van der Waals surface area contributed by atoms with Crippen molar-refractivity contribution in [1.82, 2.24) is 0 Å². The van der Waals surface area contributed by atoms with Crippen LogP contribution in [0, 0.1) is 0 Å². The Morgan fingerprint density at radius 3 is 2.60 bits per heavy atom. The zero-order valence-electron chi connectivity index (χ0n) is 15.5. The van der Waals surface area contributed by atoms with E-state index in [1.165, 1.54) is 55.4 Å². The van der Waals surface area contributed by atoms with Gasteiger partial charge in [-0.3, -0.25) is 0 Å². The fraction of sp³-hybridized carbons (Fsp3) is 0.750. The van der Waals surface area contributed by atoms with Crippen molar-refractivity contribution in [3.8, 4) is 0 Å². The molecule has 0 saturated carbocycles. The van der Waals surface area contributed by atoms with Gasteiger partial charge >= 0.3 is 6.16 Å². The number of carbonyl (C=O) groups is 1. The summed E-state index contributed by atoms with van der Waals surface area (Å²) in [6.45, 7) is 3.62. The fourth-order valence-corrected chi connectivity index (χ4v) is 4.09. The van der Waals surface area contributed by atoms with Gasteiger partial charge in [0.1, 0.15) is 12.7 Å².